The van der Waals surface area contributed by atoms with Gasteiger partial charge in [0.2, 0.25) is 5.52 Å². The van der Waals surface area contributed by atoms with Gasteiger partial charge >= 0.3 is 5.69 Å². The second kappa shape index (κ2) is 10.9. The zero-order valence-electron chi connectivity index (χ0n) is 23.3. The summed E-state index contributed by atoms with van der Waals surface area (Å²) in [5.41, 5.74) is 2.74. The van der Waals surface area contributed by atoms with Gasteiger partial charge in [0.05, 0.1) is 5.52 Å². The van der Waals surface area contributed by atoms with Crippen molar-refractivity contribution in [1.82, 2.24) is 19.4 Å². The zero-order valence-corrected chi connectivity index (χ0v) is 23.3. The zero-order chi connectivity index (χ0) is 27.6. The molecule has 1 unspecified atom stereocenters. The van der Waals surface area contributed by atoms with Gasteiger partial charge in [-0.3, -0.25) is 9.47 Å². The number of rotatable bonds is 7. The van der Waals surface area contributed by atoms with E-state index in [9.17, 15) is 4.79 Å². The number of hydrogen-bond donors (Lipinski definition) is 0. The van der Waals surface area contributed by atoms with Crippen molar-refractivity contribution >= 4 is 22.7 Å². The largest absolute Gasteiger partial charge is 0.361 e. The molecule has 0 spiro atoms. The first kappa shape index (κ1) is 27.3. The molecule has 0 amide bonds. The van der Waals surface area contributed by atoms with Crippen molar-refractivity contribution < 1.29 is 0 Å². The first-order chi connectivity index (χ1) is 18.2. The van der Waals surface area contributed by atoms with Crippen molar-refractivity contribution in [2.75, 3.05) is 18.0 Å². The van der Waals surface area contributed by atoms with Crippen LogP contribution < -0.4 is 10.6 Å². The summed E-state index contributed by atoms with van der Waals surface area (Å²) in [6.45, 7) is 27.1. The van der Waals surface area contributed by atoms with Crippen molar-refractivity contribution in [3.05, 3.63) is 80.8 Å². The molecule has 38 heavy (non-hydrogen) atoms. The summed E-state index contributed by atoms with van der Waals surface area (Å²) in [5.74, 6) is 0.881. The second-order valence-corrected chi connectivity index (χ2v) is 10.6. The molecule has 3 heterocycles. The molecule has 8 heteroatoms. The van der Waals surface area contributed by atoms with E-state index >= 15 is 0 Å². The minimum Gasteiger partial charge on any atom is -0.361 e. The van der Waals surface area contributed by atoms with Crippen LogP contribution in [0.4, 0.5) is 11.6 Å². The van der Waals surface area contributed by atoms with Gasteiger partial charge in [-0.15, -0.1) is 4.98 Å². The molecule has 8 nitrogen and oxygen atoms in total. The van der Waals surface area contributed by atoms with Crippen LogP contribution in [0.25, 0.3) is 20.7 Å². The molecule has 0 saturated carbocycles. The maximum Gasteiger partial charge on any atom is 0.350 e. The molecule has 1 aromatic carbocycles. The molecule has 4 rings (SSSR count). The molecule has 198 valence electrons. The van der Waals surface area contributed by atoms with E-state index in [0.29, 0.717) is 22.7 Å². The van der Waals surface area contributed by atoms with Gasteiger partial charge in [-0.1, -0.05) is 51.6 Å². The van der Waals surface area contributed by atoms with Crippen LogP contribution in [0, 0.1) is 13.1 Å². The highest BCUT2D eigenvalue weighted by atomic mass is 16.1. The first-order valence-corrected chi connectivity index (χ1v) is 13.5. The summed E-state index contributed by atoms with van der Waals surface area (Å²) >= 11 is 0. The van der Waals surface area contributed by atoms with Crippen molar-refractivity contribution in [2.24, 2.45) is 7.05 Å². The molecule has 0 bridgehead atoms. The topological polar surface area (TPSA) is 63.0 Å². The Labute approximate surface area is 225 Å². The molecule has 1 saturated heterocycles. The number of anilines is 1. The molecule has 0 N–H and O–H groups in total. The van der Waals surface area contributed by atoms with E-state index in [-0.39, 0.29) is 23.8 Å². The van der Waals surface area contributed by atoms with Gasteiger partial charge < -0.3 is 14.6 Å². The van der Waals surface area contributed by atoms with Gasteiger partial charge in [-0.05, 0) is 37.0 Å². The number of pyridine rings is 1. The molecular weight excluding hydrogens is 474 g/mol. The molecule has 0 aliphatic carbocycles. The van der Waals surface area contributed by atoms with E-state index in [0.717, 1.165) is 37.9 Å². The Morgan fingerprint density at radius 1 is 1.00 bits per heavy atom. The standard InChI is InChI=1S/C30H37N7O/c1-9-22-19-37(28-27-25(35(8)29(38)34-28)16-17-26(31-6)33-27)23(10-2)18-36(22)24(11-3)20-12-14-21(15-13-20)30(4,5)32-7/h12-17,22-24H,9-11,18-19H2,1-5,8H3/t22-,23+,24?/m1/s1. The van der Waals surface area contributed by atoms with Crippen LogP contribution >= 0.6 is 0 Å². The molecule has 1 fully saturated rings. The SMILES string of the molecule is [C-]#[N+]c1ccc2c(n1)c(N1C[C@@H](CC)N(C(CC)c3ccc(C(C)(C)[N+]#[C-])cc3)C[C@@H]1CC)nc(=O)n2C. The summed E-state index contributed by atoms with van der Waals surface area (Å²) in [6.07, 6.45) is 2.82. The van der Waals surface area contributed by atoms with Gasteiger partial charge in [0.15, 0.2) is 5.82 Å². The number of piperazine rings is 1. The molecular formula is C30H37N7O. The molecule has 1 aliphatic heterocycles. The lowest BCUT2D eigenvalue weighted by atomic mass is 9.91. The monoisotopic (exact) mass is 511 g/mol. The number of fused-ring (bicyclic) bond motifs is 1. The Balaban J connectivity index is 1.72. The van der Waals surface area contributed by atoms with Crippen LogP contribution in [0.5, 0.6) is 0 Å². The number of aromatic nitrogens is 3. The predicted molar refractivity (Wildman–Crippen MR) is 152 cm³/mol. The Kier molecular flexibility index (Phi) is 7.85. The van der Waals surface area contributed by atoms with E-state index in [4.69, 9.17) is 13.1 Å². The predicted octanol–water partition coefficient (Wildman–Crippen LogP) is 5.86. The fourth-order valence-electron chi connectivity index (χ4n) is 5.63. The lowest BCUT2D eigenvalue weighted by Crippen LogP contribution is -2.59. The van der Waals surface area contributed by atoms with E-state index in [1.54, 1.807) is 19.2 Å². The quantitative estimate of drug-likeness (QED) is 0.372. The highest BCUT2D eigenvalue weighted by Gasteiger charge is 2.38. The summed E-state index contributed by atoms with van der Waals surface area (Å²) in [5, 5.41) is 0. The molecule has 0 radical (unpaired) electrons. The fraction of sp³-hybridized carbons (Fsp3) is 0.500. The highest BCUT2D eigenvalue weighted by molar-refractivity contribution is 5.87. The third kappa shape index (κ3) is 4.89. The van der Waals surface area contributed by atoms with E-state index in [1.165, 1.54) is 10.1 Å². The smallest absolute Gasteiger partial charge is 0.350 e. The van der Waals surface area contributed by atoms with E-state index in [1.807, 2.05) is 13.8 Å². The number of benzene rings is 1. The summed E-state index contributed by atoms with van der Waals surface area (Å²) < 4.78 is 1.50. The minimum atomic E-state index is -0.533. The average Bonchev–Trinajstić information content (AvgIpc) is 2.95. The number of nitrogens with zero attached hydrogens (tertiary/aromatic N) is 7. The van der Waals surface area contributed by atoms with E-state index < -0.39 is 5.54 Å². The summed E-state index contributed by atoms with van der Waals surface area (Å²) in [7, 11) is 1.70. The van der Waals surface area contributed by atoms with Gasteiger partial charge in [-0.2, -0.15) is 4.98 Å². The second-order valence-electron chi connectivity index (χ2n) is 10.6. The Hall–Kier alpha value is -3.75. The van der Waals surface area contributed by atoms with Crippen molar-refractivity contribution in [3.63, 3.8) is 0 Å². The molecule has 3 aromatic rings. The Bertz CT molecular complexity index is 1440. The summed E-state index contributed by atoms with van der Waals surface area (Å²) in [6, 6.07) is 12.7. The van der Waals surface area contributed by atoms with Gasteiger partial charge in [0.25, 0.3) is 11.4 Å². The Morgan fingerprint density at radius 2 is 1.68 bits per heavy atom. The maximum atomic E-state index is 12.8. The highest BCUT2D eigenvalue weighted by Crippen LogP contribution is 2.36. The third-order valence-electron chi connectivity index (χ3n) is 8.06. The molecule has 1 aliphatic rings. The number of aryl methyl sites for hydroxylation is 1. The van der Waals surface area contributed by atoms with Gasteiger partial charge in [0.1, 0.15) is 0 Å². The van der Waals surface area contributed by atoms with Crippen LogP contribution in [0.2, 0.25) is 0 Å². The number of hydrogen-bond acceptors (Lipinski definition) is 5. The fourth-order valence-corrected chi connectivity index (χ4v) is 5.63. The van der Waals surface area contributed by atoms with Crippen molar-refractivity contribution in [1.29, 1.82) is 0 Å². The van der Waals surface area contributed by atoms with Crippen LogP contribution in [0.1, 0.15) is 71.0 Å². The minimum absolute atomic E-state index is 0.147. The lowest BCUT2D eigenvalue weighted by molar-refractivity contribution is 0.0895. The normalized spacial score (nSPS) is 19.2. The van der Waals surface area contributed by atoms with E-state index in [2.05, 4.69) is 74.5 Å². The van der Waals surface area contributed by atoms with Crippen molar-refractivity contribution in [2.45, 2.75) is 77.5 Å². The Morgan fingerprint density at radius 3 is 2.26 bits per heavy atom. The molecule has 2 aromatic heterocycles. The molecule has 3 atom stereocenters. The summed E-state index contributed by atoms with van der Waals surface area (Å²) in [4.78, 5) is 34.1. The maximum absolute atomic E-state index is 12.8. The van der Waals surface area contributed by atoms with Gasteiger partial charge in [0, 0.05) is 57.7 Å². The average molecular weight is 512 g/mol. The van der Waals surface area contributed by atoms with Crippen LogP contribution in [0.3, 0.4) is 0 Å². The third-order valence-corrected chi connectivity index (χ3v) is 8.06. The van der Waals surface area contributed by atoms with Crippen LogP contribution in [0.15, 0.2) is 41.2 Å². The lowest BCUT2D eigenvalue weighted by Gasteiger charge is -2.49. The van der Waals surface area contributed by atoms with Gasteiger partial charge in [-0.25, -0.2) is 11.4 Å². The van der Waals surface area contributed by atoms with Crippen LogP contribution in [-0.2, 0) is 12.6 Å². The first-order valence-electron chi connectivity index (χ1n) is 13.5. The van der Waals surface area contributed by atoms with Crippen LogP contribution in [-0.4, -0.2) is 44.6 Å². The van der Waals surface area contributed by atoms with Crippen molar-refractivity contribution in [3.8, 4) is 0 Å².